The van der Waals surface area contributed by atoms with E-state index in [0.717, 1.165) is 0 Å². The van der Waals surface area contributed by atoms with E-state index >= 15 is 0 Å². The lowest BCUT2D eigenvalue weighted by atomic mass is 10.1. The number of methoxy groups -OCH3 is 1. The number of halogens is 1. The first-order valence-electron chi connectivity index (χ1n) is 5.68. The number of aliphatic carboxylic acids is 1. The summed E-state index contributed by atoms with van der Waals surface area (Å²) in [6.45, 7) is 2.34. The van der Waals surface area contributed by atoms with Gasteiger partial charge in [0.2, 0.25) is 0 Å². The van der Waals surface area contributed by atoms with Crippen molar-refractivity contribution in [3.8, 4) is 5.75 Å². The van der Waals surface area contributed by atoms with Gasteiger partial charge in [-0.15, -0.1) is 0 Å². The zero-order valence-corrected chi connectivity index (χ0v) is 10.8. The first-order chi connectivity index (χ1) is 8.45. The molecule has 0 aliphatic heterocycles. The average Bonchev–Trinajstić information content (AvgIpc) is 2.31. The fourth-order valence-electron chi connectivity index (χ4n) is 1.74. The Bertz CT molecular complexity index is 423. The normalized spacial score (nSPS) is 12.5. The molecule has 0 heterocycles. The van der Waals surface area contributed by atoms with Gasteiger partial charge in [0.15, 0.2) is 11.6 Å². The predicted octanol–water partition coefficient (Wildman–Crippen LogP) is 1.99. The summed E-state index contributed by atoms with van der Waals surface area (Å²) < 4.78 is 18.8. The van der Waals surface area contributed by atoms with Crippen LogP contribution in [-0.4, -0.2) is 36.7 Å². The topological polar surface area (TPSA) is 49.8 Å². The molecule has 4 nitrogen and oxygen atoms in total. The Morgan fingerprint density at radius 3 is 2.78 bits per heavy atom. The molecule has 1 rings (SSSR count). The fourth-order valence-corrected chi connectivity index (χ4v) is 1.74. The summed E-state index contributed by atoms with van der Waals surface area (Å²) in [5.41, 5.74) is 0.495. The molecule has 1 aromatic rings. The number of rotatable bonds is 6. The van der Waals surface area contributed by atoms with Crippen molar-refractivity contribution >= 4 is 5.97 Å². The number of hydrogen-bond acceptors (Lipinski definition) is 3. The number of carboxylic acid groups (broad SMARTS) is 1. The summed E-state index contributed by atoms with van der Waals surface area (Å²) in [4.78, 5) is 12.5. The molecule has 0 aliphatic rings. The SMILES string of the molecule is COc1cccc(CN(C)CC(C)C(=O)O)c1F. The maximum atomic E-state index is 13.9. The monoisotopic (exact) mass is 255 g/mol. The molecule has 0 spiro atoms. The quantitative estimate of drug-likeness (QED) is 0.844. The Labute approximate surface area is 106 Å². The molecule has 0 fully saturated rings. The van der Waals surface area contributed by atoms with Crippen LogP contribution in [-0.2, 0) is 11.3 Å². The Balaban J connectivity index is 2.70. The molecular weight excluding hydrogens is 237 g/mol. The van der Waals surface area contributed by atoms with Crippen LogP contribution in [0.5, 0.6) is 5.75 Å². The Kier molecular flexibility index (Phi) is 5.09. The van der Waals surface area contributed by atoms with E-state index < -0.39 is 17.7 Å². The van der Waals surface area contributed by atoms with Gasteiger partial charge in [-0.2, -0.15) is 0 Å². The molecule has 1 aromatic carbocycles. The third-order valence-corrected chi connectivity index (χ3v) is 2.71. The lowest BCUT2D eigenvalue weighted by molar-refractivity contribution is -0.141. The third-order valence-electron chi connectivity index (χ3n) is 2.71. The molecular formula is C13H18FNO3. The zero-order chi connectivity index (χ0) is 13.7. The number of carboxylic acids is 1. The van der Waals surface area contributed by atoms with E-state index in [4.69, 9.17) is 9.84 Å². The van der Waals surface area contributed by atoms with Crippen LogP contribution in [0.15, 0.2) is 18.2 Å². The van der Waals surface area contributed by atoms with E-state index in [9.17, 15) is 9.18 Å². The average molecular weight is 255 g/mol. The van der Waals surface area contributed by atoms with Crippen molar-refractivity contribution in [1.29, 1.82) is 0 Å². The Morgan fingerprint density at radius 1 is 1.56 bits per heavy atom. The molecule has 0 aliphatic carbocycles. The predicted molar refractivity (Wildman–Crippen MR) is 66.1 cm³/mol. The van der Waals surface area contributed by atoms with Crippen molar-refractivity contribution in [2.75, 3.05) is 20.7 Å². The van der Waals surface area contributed by atoms with Crippen LogP contribution in [0.2, 0.25) is 0 Å². The van der Waals surface area contributed by atoms with Gasteiger partial charge in [0, 0.05) is 18.7 Å². The molecule has 5 heteroatoms. The van der Waals surface area contributed by atoms with Gasteiger partial charge in [0.25, 0.3) is 0 Å². The second kappa shape index (κ2) is 6.35. The minimum Gasteiger partial charge on any atom is -0.494 e. The highest BCUT2D eigenvalue weighted by molar-refractivity contribution is 5.69. The molecule has 1 unspecified atom stereocenters. The van der Waals surface area contributed by atoms with Crippen molar-refractivity contribution in [2.45, 2.75) is 13.5 Å². The largest absolute Gasteiger partial charge is 0.494 e. The molecule has 1 N–H and O–H groups in total. The molecule has 0 saturated heterocycles. The van der Waals surface area contributed by atoms with Gasteiger partial charge >= 0.3 is 5.97 Å². The maximum Gasteiger partial charge on any atom is 0.307 e. The number of hydrogen-bond donors (Lipinski definition) is 1. The highest BCUT2D eigenvalue weighted by Gasteiger charge is 2.15. The van der Waals surface area contributed by atoms with Gasteiger partial charge < -0.3 is 14.7 Å². The van der Waals surface area contributed by atoms with E-state index in [1.807, 2.05) is 0 Å². The first kappa shape index (κ1) is 14.4. The van der Waals surface area contributed by atoms with Crippen molar-refractivity contribution in [3.63, 3.8) is 0 Å². The zero-order valence-electron chi connectivity index (χ0n) is 10.8. The van der Waals surface area contributed by atoms with Crippen LogP contribution in [0.1, 0.15) is 12.5 Å². The van der Waals surface area contributed by atoms with Crippen LogP contribution < -0.4 is 4.74 Å². The van der Waals surface area contributed by atoms with Gasteiger partial charge in [0.1, 0.15) is 0 Å². The summed E-state index contributed by atoms with van der Waals surface area (Å²) in [6, 6.07) is 4.93. The highest BCUT2D eigenvalue weighted by Crippen LogP contribution is 2.21. The molecule has 0 radical (unpaired) electrons. The molecule has 18 heavy (non-hydrogen) atoms. The van der Waals surface area contributed by atoms with Crippen LogP contribution in [0.25, 0.3) is 0 Å². The van der Waals surface area contributed by atoms with Crippen molar-refractivity contribution < 1.29 is 19.0 Å². The van der Waals surface area contributed by atoms with Crippen molar-refractivity contribution in [1.82, 2.24) is 4.90 Å². The van der Waals surface area contributed by atoms with Crippen molar-refractivity contribution in [3.05, 3.63) is 29.6 Å². The van der Waals surface area contributed by atoms with E-state index in [1.54, 1.807) is 37.1 Å². The third kappa shape index (κ3) is 3.70. The summed E-state index contributed by atoms with van der Waals surface area (Å²) >= 11 is 0. The first-order valence-corrected chi connectivity index (χ1v) is 5.68. The molecule has 0 amide bonds. The summed E-state index contributed by atoms with van der Waals surface area (Å²) in [7, 11) is 3.18. The van der Waals surface area contributed by atoms with Crippen LogP contribution in [0.4, 0.5) is 4.39 Å². The molecule has 100 valence electrons. The smallest absolute Gasteiger partial charge is 0.307 e. The van der Waals surface area contributed by atoms with Crippen LogP contribution >= 0.6 is 0 Å². The molecule has 0 bridgehead atoms. The molecule has 0 aromatic heterocycles. The van der Waals surface area contributed by atoms with E-state index in [2.05, 4.69) is 0 Å². The molecule has 1 atom stereocenters. The maximum absolute atomic E-state index is 13.9. The van der Waals surface area contributed by atoms with E-state index in [-0.39, 0.29) is 5.75 Å². The van der Waals surface area contributed by atoms with Crippen LogP contribution in [0, 0.1) is 11.7 Å². The number of ether oxygens (including phenoxy) is 1. The van der Waals surface area contributed by atoms with Gasteiger partial charge in [-0.1, -0.05) is 19.1 Å². The number of carbonyl (C=O) groups is 1. The number of nitrogens with zero attached hydrogens (tertiary/aromatic N) is 1. The fraction of sp³-hybridized carbons (Fsp3) is 0.462. The summed E-state index contributed by atoms with van der Waals surface area (Å²) in [5, 5.41) is 8.81. The summed E-state index contributed by atoms with van der Waals surface area (Å²) in [5.74, 6) is -1.53. The highest BCUT2D eigenvalue weighted by atomic mass is 19.1. The van der Waals surface area contributed by atoms with Gasteiger partial charge in [-0.3, -0.25) is 4.79 Å². The standard InChI is InChI=1S/C13H18FNO3/c1-9(13(16)17)7-15(2)8-10-5-4-6-11(18-3)12(10)14/h4-6,9H,7-8H2,1-3H3,(H,16,17). The van der Waals surface area contributed by atoms with Gasteiger partial charge in [-0.25, -0.2) is 4.39 Å². The minimum absolute atomic E-state index is 0.201. The van der Waals surface area contributed by atoms with E-state index in [0.29, 0.717) is 18.7 Å². The van der Waals surface area contributed by atoms with Gasteiger partial charge in [-0.05, 0) is 13.1 Å². The second-order valence-electron chi connectivity index (χ2n) is 4.37. The van der Waals surface area contributed by atoms with E-state index in [1.165, 1.54) is 7.11 Å². The second-order valence-corrected chi connectivity index (χ2v) is 4.37. The number of benzene rings is 1. The Hall–Kier alpha value is -1.62. The van der Waals surface area contributed by atoms with Crippen molar-refractivity contribution in [2.24, 2.45) is 5.92 Å². The lowest BCUT2D eigenvalue weighted by Gasteiger charge is -2.19. The van der Waals surface area contributed by atoms with Gasteiger partial charge in [0.05, 0.1) is 13.0 Å². The summed E-state index contributed by atoms with van der Waals surface area (Å²) in [6.07, 6.45) is 0. The molecule has 0 saturated carbocycles. The minimum atomic E-state index is -0.854. The van der Waals surface area contributed by atoms with Crippen LogP contribution in [0.3, 0.4) is 0 Å². The Morgan fingerprint density at radius 2 is 2.22 bits per heavy atom. The lowest BCUT2D eigenvalue weighted by Crippen LogP contribution is -2.28.